The van der Waals surface area contributed by atoms with Crippen molar-refractivity contribution in [1.82, 2.24) is 10.6 Å². The first kappa shape index (κ1) is 14.7. The molecule has 7 nitrogen and oxygen atoms in total. The van der Waals surface area contributed by atoms with Crippen LogP contribution in [0.4, 0.5) is 4.79 Å². The Morgan fingerprint density at radius 1 is 1.38 bits per heavy atom. The highest BCUT2D eigenvalue weighted by atomic mass is 16.5. The molecule has 0 rings (SSSR count). The van der Waals surface area contributed by atoms with Crippen LogP contribution >= 0.6 is 0 Å². The molecule has 0 aliphatic rings. The number of carboxylic acids is 1. The molecule has 0 aliphatic heterocycles. The van der Waals surface area contributed by atoms with Crippen LogP contribution in [0.25, 0.3) is 0 Å². The van der Waals surface area contributed by atoms with Crippen molar-refractivity contribution in [3.05, 3.63) is 0 Å². The summed E-state index contributed by atoms with van der Waals surface area (Å²) in [4.78, 5) is 21.8. The second-order valence-electron chi connectivity index (χ2n) is 3.25. The molecule has 0 spiro atoms. The summed E-state index contributed by atoms with van der Waals surface area (Å²) in [5.74, 6) is -1.28. The fourth-order valence-electron chi connectivity index (χ4n) is 1.03. The lowest BCUT2D eigenvalue weighted by Gasteiger charge is -2.18. The standard InChI is InChI=1S/C9H18N2O5/c1-3-6(5-16-2)10-9(15)11-7(4-12)8(13)14/h6-7,12H,3-5H2,1-2H3,(H,13,14)(H2,10,11,15). The second kappa shape index (κ2) is 7.89. The number of urea groups is 1. The van der Waals surface area contributed by atoms with Gasteiger partial charge in [-0.25, -0.2) is 9.59 Å². The van der Waals surface area contributed by atoms with Gasteiger partial charge in [0.05, 0.1) is 19.3 Å². The summed E-state index contributed by atoms with van der Waals surface area (Å²) in [5.41, 5.74) is 0. The first-order valence-corrected chi connectivity index (χ1v) is 4.94. The maximum Gasteiger partial charge on any atom is 0.328 e. The predicted molar refractivity (Wildman–Crippen MR) is 56.1 cm³/mol. The van der Waals surface area contributed by atoms with E-state index in [9.17, 15) is 9.59 Å². The van der Waals surface area contributed by atoms with Gasteiger partial charge in [0.15, 0.2) is 6.04 Å². The van der Waals surface area contributed by atoms with Crippen molar-refractivity contribution in [2.24, 2.45) is 0 Å². The molecular formula is C9H18N2O5. The monoisotopic (exact) mass is 234 g/mol. The Morgan fingerprint density at radius 3 is 2.38 bits per heavy atom. The average molecular weight is 234 g/mol. The predicted octanol–water partition coefficient (Wildman–Crippen LogP) is -0.844. The van der Waals surface area contributed by atoms with Gasteiger partial charge in [-0.15, -0.1) is 0 Å². The smallest absolute Gasteiger partial charge is 0.328 e. The number of aliphatic hydroxyl groups is 1. The largest absolute Gasteiger partial charge is 0.480 e. The topological polar surface area (TPSA) is 108 Å². The van der Waals surface area contributed by atoms with Crippen LogP contribution in [0.1, 0.15) is 13.3 Å². The van der Waals surface area contributed by atoms with Gasteiger partial charge < -0.3 is 25.6 Å². The Kier molecular flexibility index (Phi) is 7.23. The van der Waals surface area contributed by atoms with E-state index in [0.29, 0.717) is 13.0 Å². The van der Waals surface area contributed by atoms with Gasteiger partial charge in [-0.1, -0.05) is 6.92 Å². The number of amides is 2. The molecule has 0 aromatic heterocycles. The van der Waals surface area contributed by atoms with Crippen LogP contribution < -0.4 is 10.6 Å². The second-order valence-corrected chi connectivity index (χ2v) is 3.25. The minimum absolute atomic E-state index is 0.182. The van der Waals surface area contributed by atoms with Crippen molar-refractivity contribution < 1.29 is 24.5 Å². The molecule has 94 valence electrons. The molecule has 0 saturated heterocycles. The minimum Gasteiger partial charge on any atom is -0.480 e. The summed E-state index contributed by atoms with van der Waals surface area (Å²) in [6.45, 7) is 1.56. The third-order valence-corrected chi connectivity index (χ3v) is 1.98. The first-order chi connectivity index (χ1) is 7.54. The zero-order valence-corrected chi connectivity index (χ0v) is 9.40. The van der Waals surface area contributed by atoms with Gasteiger partial charge in [-0.2, -0.15) is 0 Å². The van der Waals surface area contributed by atoms with E-state index in [0.717, 1.165) is 0 Å². The van der Waals surface area contributed by atoms with E-state index in [2.05, 4.69) is 10.6 Å². The molecular weight excluding hydrogens is 216 g/mol. The van der Waals surface area contributed by atoms with Crippen LogP contribution in [-0.2, 0) is 9.53 Å². The van der Waals surface area contributed by atoms with Gasteiger partial charge >= 0.3 is 12.0 Å². The third-order valence-electron chi connectivity index (χ3n) is 1.98. The SMILES string of the molecule is CCC(COC)NC(=O)NC(CO)C(=O)O. The highest BCUT2D eigenvalue weighted by Crippen LogP contribution is 1.91. The molecule has 0 heterocycles. The maximum atomic E-state index is 11.3. The molecule has 0 aliphatic carbocycles. The van der Waals surface area contributed by atoms with E-state index in [1.165, 1.54) is 7.11 Å². The van der Waals surface area contributed by atoms with Crippen LogP contribution in [0.2, 0.25) is 0 Å². The van der Waals surface area contributed by atoms with Crippen molar-refractivity contribution in [1.29, 1.82) is 0 Å². The molecule has 0 fully saturated rings. The van der Waals surface area contributed by atoms with Crippen LogP contribution in [0, 0.1) is 0 Å². The number of methoxy groups -OCH3 is 1. The fraction of sp³-hybridized carbons (Fsp3) is 0.778. The van der Waals surface area contributed by atoms with Crippen molar-refractivity contribution in [3.8, 4) is 0 Å². The Morgan fingerprint density at radius 2 is 2.00 bits per heavy atom. The minimum atomic E-state index is -1.29. The molecule has 2 atom stereocenters. The molecule has 4 N–H and O–H groups in total. The quantitative estimate of drug-likeness (QED) is 0.459. The van der Waals surface area contributed by atoms with Crippen molar-refractivity contribution in [2.45, 2.75) is 25.4 Å². The normalized spacial score (nSPS) is 13.9. The maximum absolute atomic E-state index is 11.3. The van der Waals surface area contributed by atoms with Crippen molar-refractivity contribution in [3.63, 3.8) is 0 Å². The molecule has 0 saturated carbocycles. The van der Waals surface area contributed by atoms with Gasteiger partial charge in [0.25, 0.3) is 0 Å². The summed E-state index contributed by atoms with van der Waals surface area (Å²) in [6.07, 6.45) is 0.665. The molecule has 2 unspecified atom stereocenters. The molecule has 0 aromatic carbocycles. The lowest BCUT2D eigenvalue weighted by Crippen LogP contribution is -2.51. The number of nitrogens with one attached hydrogen (secondary N) is 2. The van der Waals surface area contributed by atoms with E-state index in [1.54, 1.807) is 0 Å². The summed E-state index contributed by atoms with van der Waals surface area (Å²) in [7, 11) is 1.51. The van der Waals surface area contributed by atoms with Crippen molar-refractivity contribution >= 4 is 12.0 Å². The average Bonchev–Trinajstić information content (AvgIpc) is 2.24. The summed E-state index contributed by atoms with van der Waals surface area (Å²) >= 11 is 0. The summed E-state index contributed by atoms with van der Waals surface area (Å²) in [6, 6.07) is -2.11. The number of carbonyl (C=O) groups excluding carboxylic acids is 1. The van der Waals surface area contributed by atoms with Gasteiger partial charge in [0.2, 0.25) is 0 Å². The molecule has 7 heteroatoms. The highest BCUT2D eigenvalue weighted by molar-refractivity contribution is 5.82. The zero-order chi connectivity index (χ0) is 12.6. The van der Waals surface area contributed by atoms with Crippen molar-refractivity contribution in [2.75, 3.05) is 20.3 Å². The Hall–Kier alpha value is -1.34. The van der Waals surface area contributed by atoms with E-state index in [4.69, 9.17) is 14.9 Å². The molecule has 0 aromatic rings. The van der Waals surface area contributed by atoms with E-state index < -0.39 is 24.6 Å². The molecule has 0 bridgehead atoms. The Bertz CT molecular complexity index is 234. The number of aliphatic hydroxyl groups excluding tert-OH is 1. The fourth-order valence-corrected chi connectivity index (χ4v) is 1.03. The van der Waals surface area contributed by atoms with Crippen LogP contribution in [0.3, 0.4) is 0 Å². The third kappa shape index (κ3) is 5.52. The van der Waals surface area contributed by atoms with E-state index >= 15 is 0 Å². The van der Waals surface area contributed by atoms with E-state index in [1.807, 2.05) is 6.92 Å². The van der Waals surface area contributed by atoms with Crippen LogP contribution in [-0.4, -0.2) is 54.6 Å². The Balaban J connectivity index is 4.09. The molecule has 16 heavy (non-hydrogen) atoms. The number of carbonyl (C=O) groups is 2. The number of hydrogen-bond acceptors (Lipinski definition) is 4. The zero-order valence-electron chi connectivity index (χ0n) is 9.40. The van der Waals surface area contributed by atoms with Gasteiger partial charge in [0.1, 0.15) is 0 Å². The number of hydrogen-bond donors (Lipinski definition) is 4. The Labute approximate surface area is 93.8 Å². The van der Waals surface area contributed by atoms with E-state index in [-0.39, 0.29) is 6.04 Å². The molecule has 0 radical (unpaired) electrons. The van der Waals surface area contributed by atoms with Gasteiger partial charge in [-0.3, -0.25) is 0 Å². The van der Waals surface area contributed by atoms with Crippen LogP contribution in [0.5, 0.6) is 0 Å². The molecule has 2 amide bonds. The number of carboxylic acid groups (broad SMARTS) is 1. The number of aliphatic carboxylic acids is 1. The van der Waals surface area contributed by atoms with Gasteiger partial charge in [0, 0.05) is 7.11 Å². The summed E-state index contributed by atoms with van der Waals surface area (Å²) in [5, 5.41) is 22.0. The van der Waals surface area contributed by atoms with Gasteiger partial charge in [-0.05, 0) is 6.42 Å². The number of ether oxygens (including phenoxy) is 1. The first-order valence-electron chi connectivity index (χ1n) is 4.94. The summed E-state index contributed by atoms with van der Waals surface area (Å²) < 4.78 is 4.87. The van der Waals surface area contributed by atoms with Crippen LogP contribution in [0.15, 0.2) is 0 Å². The lowest BCUT2D eigenvalue weighted by atomic mass is 10.2. The highest BCUT2D eigenvalue weighted by Gasteiger charge is 2.19. The lowest BCUT2D eigenvalue weighted by molar-refractivity contribution is -0.140. The number of rotatable bonds is 7.